The van der Waals surface area contributed by atoms with Crippen molar-refractivity contribution in [2.24, 2.45) is 0 Å². The minimum Gasteiger partial charge on any atom is -0.378 e. The second-order valence-corrected chi connectivity index (χ2v) is 7.47. The van der Waals surface area contributed by atoms with Gasteiger partial charge in [0.05, 0.1) is 18.9 Å². The molecule has 0 saturated carbocycles. The molecule has 1 fully saturated rings. The zero-order valence-electron chi connectivity index (χ0n) is 15.5. The number of amides is 2. The summed E-state index contributed by atoms with van der Waals surface area (Å²) in [6.45, 7) is 3.51. The number of alkyl halides is 1. The largest absolute Gasteiger partial charge is 0.378 e. The molecule has 2 aliphatic heterocycles. The minimum atomic E-state index is 0.0234. The molecular weight excluding hydrogens is 410 g/mol. The summed E-state index contributed by atoms with van der Waals surface area (Å²) in [5, 5.41) is 3.83. The lowest BCUT2D eigenvalue weighted by molar-refractivity contribution is -0.118. The van der Waals surface area contributed by atoms with Gasteiger partial charge in [0, 0.05) is 42.8 Å². The minimum absolute atomic E-state index is 0.0234. The van der Waals surface area contributed by atoms with Gasteiger partial charge in [0.15, 0.2) is 0 Å². The second kappa shape index (κ2) is 9.90. The molecule has 1 aromatic carbocycles. The van der Waals surface area contributed by atoms with Crippen LogP contribution < -0.4 is 10.2 Å². The summed E-state index contributed by atoms with van der Waals surface area (Å²) in [7, 11) is 0. The molecule has 2 aliphatic rings. The zero-order valence-corrected chi connectivity index (χ0v) is 17.0. The number of rotatable bonds is 7. The summed E-state index contributed by atoms with van der Waals surface area (Å²) in [6.07, 6.45) is 5.25. The molecule has 1 N–H and O–H groups in total. The van der Waals surface area contributed by atoms with E-state index in [0.29, 0.717) is 26.2 Å². The Hall–Kier alpha value is -1.86. The number of hydrogen-bond acceptors (Lipinski definition) is 4. The fourth-order valence-corrected chi connectivity index (χ4v) is 3.70. The predicted molar refractivity (Wildman–Crippen MR) is 110 cm³/mol. The average molecular weight is 436 g/mol. The van der Waals surface area contributed by atoms with Gasteiger partial charge in [-0.15, -0.1) is 0 Å². The van der Waals surface area contributed by atoms with Gasteiger partial charge in [0.2, 0.25) is 5.91 Å². The predicted octanol–water partition coefficient (Wildman–Crippen LogP) is 3.14. The van der Waals surface area contributed by atoms with Gasteiger partial charge in [-0.05, 0) is 43.5 Å². The molecule has 3 rings (SSSR count). The number of anilines is 2. The maximum absolute atomic E-state index is 12.9. The highest BCUT2D eigenvalue weighted by Crippen LogP contribution is 2.25. The van der Waals surface area contributed by atoms with E-state index in [1.54, 1.807) is 0 Å². The van der Waals surface area contributed by atoms with Gasteiger partial charge in [0.25, 0.3) is 5.91 Å². The summed E-state index contributed by atoms with van der Waals surface area (Å²) in [6, 6.07) is 7.51. The molecular formula is C20H26BrN3O3. The van der Waals surface area contributed by atoms with Crippen molar-refractivity contribution >= 4 is 39.1 Å². The summed E-state index contributed by atoms with van der Waals surface area (Å²) in [5.41, 5.74) is 2.39. The third-order valence-corrected chi connectivity index (χ3v) is 5.32. The monoisotopic (exact) mass is 435 g/mol. The van der Waals surface area contributed by atoms with Crippen LogP contribution in [0.4, 0.5) is 11.4 Å². The molecule has 0 spiro atoms. The number of hydrogen-bond donors (Lipinski definition) is 1. The van der Waals surface area contributed by atoms with Crippen LogP contribution in [0.1, 0.15) is 25.7 Å². The van der Waals surface area contributed by atoms with Crippen LogP contribution in [-0.4, -0.2) is 54.9 Å². The van der Waals surface area contributed by atoms with Gasteiger partial charge in [-0.1, -0.05) is 22.0 Å². The molecule has 0 bridgehead atoms. The van der Waals surface area contributed by atoms with Gasteiger partial charge < -0.3 is 19.9 Å². The van der Waals surface area contributed by atoms with Crippen LogP contribution in [0.15, 0.2) is 36.0 Å². The van der Waals surface area contributed by atoms with Gasteiger partial charge in [-0.3, -0.25) is 9.59 Å². The quantitative estimate of drug-likeness (QED) is 0.527. The van der Waals surface area contributed by atoms with Gasteiger partial charge >= 0.3 is 0 Å². The third kappa shape index (κ3) is 5.32. The van der Waals surface area contributed by atoms with Crippen molar-refractivity contribution in [3.63, 3.8) is 0 Å². The topological polar surface area (TPSA) is 61.9 Å². The number of morpholine rings is 1. The highest BCUT2D eigenvalue weighted by Gasteiger charge is 2.28. The van der Waals surface area contributed by atoms with E-state index in [-0.39, 0.29) is 11.8 Å². The maximum Gasteiger partial charge on any atom is 0.274 e. The van der Waals surface area contributed by atoms with Crippen molar-refractivity contribution < 1.29 is 14.3 Å². The Labute approximate surface area is 168 Å². The normalized spacial score (nSPS) is 17.7. The molecule has 0 radical (unpaired) electrons. The van der Waals surface area contributed by atoms with E-state index < -0.39 is 0 Å². The Balaban J connectivity index is 1.60. The Morgan fingerprint density at radius 2 is 1.85 bits per heavy atom. The molecule has 6 nitrogen and oxygen atoms in total. The number of nitrogens with one attached hydrogen (secondary N) is 1. The van der Waals surface area contributed by atoms with Crippen molar-refractivity contribution in [3.05, 3.63) is 36.0 Å². The lowest BCUT2D eigenvalue weighted by Crippen LogP contribution is -2.45. The first kappa shape index (κ1) is 19.9. The van der Waals surface area contributed by atoms with Gasteiger partial charge in [0.1, 0.15) is 0 Å². The first-order chi connectivity index (χ1) is 13.2. The fraction of sp³-hybridized carbons (Fsp3) is 0.500. The van der Waals surface area contributed by atoms with E-state index in [1.165, 1.54) is 0 Å². The van der Waals surface area contributed by atoms with E-state index in [0.717, 1.165) is 54.8 Å². The summed E-state index contributed by atoms with van der Waals surface area (Å²) in [5.74, 6) is 0.0602. The zero-order chi connectivity index (χ0) is 19.1. The Kier molecular flexibility index (Phi) is 7.29. The van der Waals surface area contributed by atoms with Gasteiger partial charge in [-0.2, -0.15) is 0 Å². The number of halogens is 1. The number of carbonyl (C=O) groups excluding carboxylic acids is 2. The highest BCUT2D eigenvalue weighted by atomic mass is 79.9. The SMILES string of the molecule is O=C(CCCCBr)Nc1ccc(N2CCC=C(N3CCOCC3)C2=O)cc1. The summed E-state index contributed by atoms with van der Waals surface area (Å²) in [4.78, 5) is 28.8. The molecule has 0 atom stereocenters. The van der Waals surface area contributed by atoms with E-state index in [9.17, 15) is 9.59 Å². The number of carbonyl (C=O) groups is 2. The van der Waals surface area contributed by atoms with E-state index in [2.05, 4.69) is 26.1 Å². The van der Waals surface area contributed by atoms with Crippen molar-refractivity contribution in [2.75, 3.05) is 48.4 Å². The van der Waals surface area contributed by atoms with Crippen LogP contribution in [0.5, 0.6) is 0 Å². The Morgan fingerprint density at radius 1 is 1.11 bits per heavy atom. The van der Waals surface area contributed by atoms with Crippen LogP contribution in [-0.2, 0) is 14.3 Å². The van der Waals surface area contributed by atoms with E-state index >= 15 is 0 Å². The smallest absolute Gasteiger partial charge is 0.274 e. The second-order valence-electron chi connectivity index (χ2n) is 6.68. The third-order valence-electron chi connectivity index (χ3n) is 4.76. The Bertz CT molecular complexity index is 684. The number of nitrogens with zero attached hydrogens (tertiary/aromatic N) is 2. The molecule has 0 aromatic heterocycles. The number of ether oxygens (including phenoxy) is 1. The summed E-state index contributed by atoms with van der Waals surface area (Å²) >= 11 is 3.37. The maximum atomic E-state index is 12.9. The molecule has 2 heterocycles. The molecule has 0 unspecified atom stereocenters. The standard InChI is InChI=1S/C20H26BrN3O3/c21-10-2-1-5-19(25)22-16-6-8-17(9-7-16)24-11-3-4-18(20(24)26)23-12-14-27-15-13-23/h4,6-9H,1-3,5,10-15H2,(H,22,25). The highest BCUT2D eigenvalue weighted by molar-refractivity contribution is 9.09. The molecule has 7 heteroatoms. The lowest BCUT2D eigenvalue weighted by Gasteiger charge is -2.35. The summed E-state index contributed by atoms with van der Waals surface area (Å²) < 4.78 is 5.38. The van der Waals surface area contributed by atoms with Crippen molar-refractivity contribution in [1.82, 2.24) is 4.90 Å². The van der Waals surface area contributed by atoms with Crippen LogP contribution in [0.2, 0.25) is 0 Å². The molecule has 146 valence electrons. The fourth-order valence-electron chi connectivity index (χ4n) is 3.30. The van der Waals surface area contributed by atoms with Crippen LogP contribution in [0, 0.1) is 0 Å². The van der Waals surface area contributed by atoms with Crippen molar-refractivity contribution in [1.29, 1.82) is 0 Å². The first-order valence-corrected chi connectivity index (χ1v) is 10.6. The first-order valence-electron chi connectivity index (χ1n) is 9.49. The molecule has 2 amide bonds. The Morgan fingerprint density at radius 3 is 2.56 bits per heavy atom. The van der Waals surface area contributed by atoms with Crippen LogP contribution in [0.25, 0.3) is 0 Å². The number of unbranched alkanes of at least 4 members (excludes halogenated alkanes) is 1. The van der Waals surface area contributed by atoms with E-state index in [1.807, 2.05) is 35.2 Å². The van der Waals surface area contributed by atoms with E-state index in [4.69, 9.17) is 4.74 Å². The molecule has 0 aliphatic carbocycles. The molecule has 1 saturated heterocycles. The average Bonchev–Trinajstić information content (AvgIpc) is 2.70. The van der Waals surface area contributed by atoms with Crippen LogP contribution in [0.3, 0.4) is 0 Å². The molecule has 27 heavy (non-hydrogen) atoms. The van der Waals surface area contributed by atoms with Crippen LogP contribution >= 0.6 is 15.9 Å². The molecule has 1 aromatic rings. The van der Waals surface area contributed by atoms with Crippen molar-refractivity contribution in [2.45, 2.75) is 25.7 Å². The lowest BCUT2D eigenvalue weighted by atomic mass is 10.1. The number of benzene rings is 1. The van der Waals surface area contributed by atoms with Crippen molar-refractivity contribution in [3.8, 4) is 0 Å². The van der Waals surface area contributed by atoms with Gasteiger partial charge in [-0.25, -0.2) is 0 Å².